The van der Waals surface area contributed by atoms with Crippen LogP contribution in [0.2, 0.25) is 0 Å². The number of hydrogen-bond donors (Lipinski definition) is 0. The van der Waals surface area contributed by atoms with E-state index in [-0.39, 0.29) is 0 Å². The van der Waals surface area contributed by atoms with E-state index in [1.54, 1.807) is 16.7 Å². The van der Waals surface area contributed by atoms with E-state index in [0.29, 0.717) is 0 Å². The van der Waals surface area contributed by atoms with Crippen LogP contribution in [0.15, 0.2) is 52.6 Å². The summed E-state index contributed by atoms with van der Waals surface area (Å²) in [7, 11) is 0. The fourth-order valence-corrected chi connectivity index (χ4v) is 4.91. The molecule has 3 aliphatic rings. The summed E-state index contributed by atoms with van der Waals surface area (Å²) in [5.41, 5.74) is 9.33. The second-order valence-electron chi connectivity index (χ2n) is 7.70. The van der Waals surface area contributed by atoms with Crippen LogP contribution < -0.4 is 0 Å². The Kier molecular flexibility index (Phi) is 4.01. The Balaban J connectivity index is 1.72. The number of rotatable bonds is 2. The molecule has 0 heterocycles. The molecule has 0 amide bonds. The third kappa shape index (κ3) is 2.73. The van der Waals surface area contributed by atoms with E-state index in [2.05, 4.69) is 50.3 Å². The highest BCUT2D eigenvalue weighted by Gasteiger charge is 2.31. The summed E-state index contributed by atoms with van der Waals surface area (Å²) in [5.74, 6) is 1.64. The van der Waals surface area contributed by atoms with Gasteiger partial charge >= 0.3 is 0 Å². The largest absolute Gasteiger partial charge is 0.0769 e. The lowest BCUT2D eigenvalue weighted by Gasteiger charge is -2.35. The van der Waals surface area contributed by atoms with Gasteiger partial charge in [0.2, 0.25) is 0 Å². The molecule has 0 bridgehead atoms. The molecular weight excluding hydrogens is 276 g/mol. The van der Waals surface area contributed by atoms with E-state index in [9.17, 15) is 0 Å². The first kappa shape index (κ1) is 15.0. The Bertz CT molecular complexity index is 693. The average Bonchev–Trinajstić information content (AvgIpc) is 2.94. The Morgan fingerprint density at radius 2 is 1.74 bits per heavy atom. The van der Waals surface area contributed by atoms with Crippen molar-refractivity contribution in [3.05, 3.63) is 63.8 Å². The first-order chi connectivity index (χ1) is 11.2. The Hall–Kier alpha value is -1.56. The fraction of sp³-hybridized carbons (Fsp3) is 0.478. The minimum absolute atomic E-state index is 0.743. The highest BCUT2D eigenvalue weighted by Crippen LogP contribution is 2.47. The number of benzene rings is 1. The molecule has 0 saturated heterocycles. The van der Waals surface area contributed by atoms with Crippen LogP contribution in [0.3, 0.4) is 0 Å². The molecule has 1 aromatic carbocycles. The summed E-state index contributed by atoms with van der Waals surface area (Å²) in [5, 5.41) is 0. The van der Waals surface area contributed by atoms with Crippen LogP contribution in [0.5, 0.6) is 0 Å². The lowest BCUT2D eigenvalue weighted by Crippen LogP contribution is -2.20. The van der Waals surface area contributed by atoms with Crippen molar-refractivity contribution in [1.82, 2.24) is 0 Å². The van der Waals surface area contributed by atoms with Gasteiger partial charge in [-0.3, -0.25) is 0 Å². The SMILES string of the molecule is CC1=CCC(C2=Cc3ccccc3C(C3CCCCC3)C2)=C1C. The molecule has 0 radical (unpaired) electrons. The monoisotopic (exact) mass is 304 g/mol. The fourth-order valence-electron chi connectivity index (χ4n) is 4.91. The first-order valence-electron chi connectivity index (χ1n) is 9.41. The molecule has 0 heteroatoms. The summed E-state index contributed by atoms with van der Waals surface area (Å²) >= 11 is 0. The van der Waals surface area contributed by atoms with E-state index in [1.165, 1.54) is 55.2 Å². The quantitative estimate of drug-likeness (QED) is 0.563. The maximum atomic E-state index is 2.49. The summed E-state index contributed by atoms with van der Waals surface area (Å²) in [4.78, 5) is 0. The van der Waals surface area contributed by atoms with Crippen molar-refractivity contribution in [2.75, 3.05) is 0 Å². The van der Waals surface area contributed by atoms with Gasteiger partial charge in [0, 0.05) is 0 Å². The van der Waals surface area contributed by atoms with Crippen LogP contribution in [-0.2, 0) is 0 Å². The van der Waals surface area contributed by atoms with Gasteiger partial charge in [-0.15, -0.1) is 0 Å². The van der Waals surface area contributed by atoms with Crippen molar-refractivity contribution in [3.63, 3.8) is 0 Å². The van der Waals surface area contributed by atoms with Gasteiger partial charge in [0.15, 0.2) is 0 Å². The normalized spacial score (nSPS) is 25.2. The van der Waals surface area contributed by atoms with Crippen molar-refractivity contribution in [2.45, 2.75) is 64.7 Å². The Morgan fingerprint density at radius 3 is 2.48 bits per heavy atom. The van der Waals surface area contributed by atoms with Crippen molar-refractivity contribution in [2.24, 2.45) is 5.92 Å². The van der Waals surface area contributed by atoms with E-state index < -0.39 is 0 Å². The molecule has 3 aliphatic carbocycles. The summed E-state index contributed by atoms with van der Waals surface area (Å²) in [6.07, 6.45) is 14.5. The molecule has 0 aromatic heterocycles. The predicted molar refractivity (Wildman–Crippen MR) is 99.4 cm³/mol. The molecule has 120 valence electrons. The molecular formula is C23H28. The average molecular weight is 304 g/mol. The van der Waals surface area contributed by atoms with Gasteiger partial charge in [-0.1, -0.05) is 61.3 Å². The molecule has 23 heavy (non-hydrogen) atoms. The second-order valence-corrected chi connectivity index (χ2v) is 7.70. The summed E-state index contributed by atoms with van der Waals surface area (Å²) < 4.78 is 0. The van der Waals surface area contributed by atoms with Gasteiger partial charge in [0.1, 0.15) is 0 Å². The summed E-state index contributed by atoms with van der Waals surface area (Å²) in [6, 6.07) is 9.16. The van der Waals surface area contributed by atoms with E-state index in [4.69, 9.17) is 0 Å². The number of allylic oxidation sites excluding steroid dienone is 5. The molecule has 0 spiro atoms. The number of fused-ring (bicyclic) bond motifs is 1. The predicted octanol–water partition coefficient (Wildman–Crippen LogP) is 6.80. The van der Waals surface area contributed by atoms with Crippen LogP contribution in [0.1, 0.15) is 75.8 Å². The van der Waals surface area contributed by atoms with Crippen LogP contribution in [-0.4, -0.2) is 0 Å². The molecule has 1 unspecified atom stereocenters. The van der Waals surface area contributed by atoms with Crippen molar-refractivity contribution >= 4 is 6.08 Å². The van der Waals surface area contributed by atoms with Gasteiger partial charge in [-0.2, -0.15) is 0 Å². The highest BCUT2D eigenvalue weighted by atomic mass is 14.4. The van der Waals surface area contributed by atoms with Gasteiger partial charge in [0.25, 0.3) is 0 Å². The zero-order valence-corrected chi connectivity index (χ0v) is 14.6. The van der Waals surface area contributed by atoms with Crippen LogP contribution in [0.4, 0.5) is 0 Å². The molecule has 0 aliphatic heterocycles. The van der Waals surface area contributed by atoms with Crippen LogP contribution in [0.25, 0.3) is 6.08 Å². The molecule has 1 atom stereocenters. The van der Waals surface area contributed by atoms with Gasteiger partial charge in [0.05, 0.1) is 0 Å². The van der Waals surface area contributed by atoms with Gasteiger partial charge < -0.3 is 0 Å². The highest BCUT2D eigenvalue weighted by molar-refractivity contribution is 5.67. The zero-order valence-electron chi connectivity index (χ0n) is 14.6. The standard InChI is InChI=1S/C23H28/c1-16-12-13-21(17(16)2)20-14-19-10-6-7-11-22(19)23(15-20)18-8-4-3-5-9-18/h6-7,10-12,14,18,23H,3-5,8-9,13,15H2,1-2H3. The van der Waals surface area contributed by atoms with Crippen LogP contribution in [0, 0.1) is 5.92 Å². The summed E-state index contributed by atoms with van der Waals surface area (Å²) in [6.45, 7) is 4.57. The molecule has 0 N–H and O–H groups in total. The minimum Gasteiger partial charge on any atom is -0.0769 e. The van der Waals surface area contributed by atoms with Gasteiger partial charge in [-0.25, -0.2) is 0 Å². The molecule has 0 nitrogen and oxygen atoms in total. The van der Waals surface area contributed by atoms with Crippen molar-refractivity contribution in [1.29, 1.82) is 0 Å². The van der Waals surface area contributed by atoms with Crippen molar-refractivity contribution < 1.29 is 0 Å². The first-order valence-corrected chi connectivity index (χ1v) is 9.41. The molecule has 4 rings (SSSR count). The maximum Gasteiger partial charge on any atom is -0.00862 e. The Labute approximate surface area is 141 Å². The van der Waals surface area contributed by atoms with E-state index in [1.807, 2.05) is 0 Å². The van der Waals surface area contributed by atoms with E-state index in [0.717, 1.165) is 18.3 Å². The second kappa shape index (κ2) is 6.15. The lowest BCUT2D eigenvalue weighted by molar-refractivity contribution is 0.301. The molecule has 1 fully saturated rings. The lowest BCUT2D eigenvalue weighted by atomic mass is 9.69. The van der Waals surface area contributed by atoms with Crippen molar-refractivity contribution in [3.8, 4) is 0 Å². The third-order valence-corrected chi connectivity index (χ3v) is 6.43. The Morgan fingerprint density at radius 1 is 0.957 bits per heavy atom. The van der Waals surface area contributed by atoms with E-state index >= 15 is 0 Å². The number of hydrogen-bond acceptors (Lipinski definition) is 0. The topological polar surface area (TPSA) is 0 Å². The smallest absolute Gasteiger partial charge is 0.00862 e. The minimum atomic E-state index is 0.743. The third-order valence-electron chi connectivity index (χ3n) is 6.43. The van der Waals surface area contributed by atoms with Gasteiger partial charge in [-0.05, 0) is 79.2 Å². The maximum absolute atomic E-state index is 2.49. The van der Waals surface area contributed by atoms with Crippen LogP contribution >= 0.6 is 0 Å². The molecule has 1 aromatic rings. The zero-order chi connectivity index (χ0) is 15.8. The molecule has 1 saturated carbocycles.